The number of fused-ring (bicyclic) bond motifs is 1. The molecule has 0 aliphatic rings. The van der Waals surface area contributed by atoms with Gasteiger partial charge in [0, 0.05) is 10.0 Å². The lowest BCUT2D eigenvalue weighted by Crippen LogP contribution is -1.83. The van der Waals surface area contributed by atoms with Crippen LogP contribution < -0.4 is 0 Å². The average Bonchev–Trinajstić information content (AvgIpc) is 2.46. The predicted octanol–water partition coefficient (Wildman–Crippen LogP) is 4.24. The standard InChI is InChI=1S/C10H8BrFS/c1-6-5-13-9-3-8(12)2-7(4-11)10(6)9/h2-3,5H,4H2,1H3. The van der Waals surface area contributed by atoms with Crippen LogP contribution in [0.2, 0.25) is 0 Å². The fraction of sp³-hybridized carbons (Fsp3) is 0.200. The van der Waals surface area contributed by atoms with Crippen LogP contribution in [0.4, 0.5) is 4.39 Å². The maximum Gasteiger partial charge on any atom is 0.124 e. The van der Waals surface area contributed by atoms with Gasteiger partial charge in [-0.25, -0.2) is 4.39 Å². The van der Waals surface area contributed by atoms with E-state index in [1.165, 1.54) is 10.9 Å². The van der Waals surface area contributed by atoms with Crippen LogP contribution in [-0.4, -0.2) is 0 Å². The smallest absolute Gasteiger partial charge is 0.124 e. The summed E-state index contributed by atoms with van der Waals surface area (Å²) >= 11 is 4.97. The molecular formula is C10H8BrFS. The van der Waals surface area contributed by atoms with Gasteiger partial charge >= 0.3 is 0 Å². The van der Waals surface area contributed by atoms with Crippen molar-refractivity contribution in [2.75, 3.05) is 0 Å². The van der Waals surface area contributed by atoms with Gasteiger partial charge in [-0.05, 0) is 40.9 Å². The first-order valence-electron chi connectivity index (χ1n) is 3.94. The summed E-state index contributed by atoms with van der Waals surface area (Å²) in [4.78, 5) is 0. The second-order valence-corrected chi connectivity index (χ2v) is 4.46. The predicted molar refractivity (Wildman–Crippen MR) is 59.2 cm³/mol. The summed E-state index contributed by atoms with van der Waals surface area (Å²) in [6.07, 6.45) is 0. The number of alkyl halides is 1. The number of hydrogen-bond donors (Lipinski definition) is 0. The third-order valence-corrected chi connectivity index (χ3v) is 3.70. The summed E-state index contributed by atoms with van der Waals surface area (Å²) in [5.74, 6) is -0.149. The molecule has 3 heteroatoms. The maximum absolute atomic E-state index is 13.1. The SMILES string of the molecule is Cc1csc2cc(F)cc(CBr)c12. The molecule has 68 valence electrons. The zero-order valence-corrected chi connectivity index (χ0v) is 9.51. The molecule has 2 rings (SSSR count). The van der Waals surface area contributed by atoms with E-state index in [0.717, 1.165) is 10.3 Å². The Bertz CT molecular complexity index is 447. The molecular weight excluding hydrogens is 251 g/mol. The fourth-order valence-electron chi connectivity index (χ4n) is 1.49. The topological polar surface area (TPSA) is 0 Å². The first-order chi connectivity index (χ1) is 6.22. The fourth-order valence-corrected chi connectivity index (χ4v) is 2.95. The van der Waals surface area contributed by atoms with Crippen LogP contribution in [0.15, 0.2) is 17.5 Å². The van der Waals surface area contributed by atoms with E-state index in [-0.39, 0.29) is 5.82 Å². The molecule has 0 fully saturated rings. The summed E-state index contributed by atoms with van der Waals surface area (Å²) in [5.41, 5.74) is 2.27. The van der Waals surface area contributed by atoms with Crippen molar-refractivity contribution in [1.82, 2.24) is 0 Å². The normalized spacial score (nSPS) is 11.0. The summed E-state index contributed by atoms with van der Waals surface area (Å²) in [6.45, 7) is 2.06. The summed E-state index contributed by atoms with van der Waals surface area (Å²) in [7, 11) is 0. The Hall–Kier alpha value is -0.410. The molecule has 0 spiro atoms. The molecule has 0 radical (unpaired) electrons. The van der Waals surface area contributed by atoms with E-state index in [9.17, 15) is 4.39 Å². The number of aryl methyl sites for hydroxylation is 1. The van der Waals surface area contributed by atoms with Gasteiger partial charge in [-0.1, -0.05) is 15.9 Å². The monoisotopic (exact) mass is 258 g/mol. The van der Waals surface area contributed by atoms with Crippen LogP contribution in [0, 0.1) is 12.7 Å². The lowest BCUT2D eigenvalue weighted by Gasteiger charge is -2.00. The second kappa shape index (κ2) is 3.39. The van der Waals surface area contributed by atoms with Crippen molar-refractivity contribution in [3.8, 4) is 0 Å². The average molecular weight is 259 g/mol. The molecule has 0 N–H and O–H groups in total. The van der Waals surface area contributed by atoms with Crippen molar-refractivity contribution in [3.63, 3.8) is 0 Å². The first kappa shape index (κ1) is 9.16. The summed E-state index contributed by atoms with van der Waals surface area (Å²) in [5, 5.41) is 3.97. The third kappa shape index (κ3) is 1.51. The van der Waals surface area contributed by atoms with Gasteiger partial charge in [-0.15, -0.1) is 11.3 Å². The largest absolute Gasteiger partial charge is 0.207 e. The van der Waals surface area contributed by atoms with Gasteiger partial charge in [0.2, 0.25) is 0 Å². The van der Waals surface area contributed by atoms with Gasteiger partial charge in [0.25, 0.3) is 0 Å². The van der Waals surface area contributed by atoms with Gasteiger partial charge in [0.1, 0.15) is 5.82 Å². The van der Waals surface area contributed by atoms with E-state index in [1.54, 1.807) is 23.5 Å². The van der Waals surface area contributed by atoms with Crippen molar-refractivity contribution in [2.45, 2.75) is 12.3 Å². The molecule has 0 unspecified atom stereocenters. The van der Waals surface area contributed by atoms with Crippen molar-refractivity contribution in [3.05, 3.63) is 34.5 Å². The minimum Gasteiger partial charge on any atom is -0.207 e. The van der Waals surface area contributed by atoms with Crippen molar-refractivity contribution in [1.29, 1.82) is 0 Å². The highest BCUT2D eigenvalue weighted by atomic mass is 79.9. The van der Waals surface area contributed by atoms with Gasteiger partial charge in [0.15, 0.2) is 0 Å². The number of benzene rings is 1. The van der Waals surface area contributed by atoms with Crippen molar-refractivity contribution in [2.24, 2.45) is 0 Å². The molecule has 0 aliphatic carbocycles. The molecule has 0 amide bonds. The molecule has 0 saturated carbocycles. The number of hydrogen-bond acceptors (Lipinski definition) is 1. The highest BCUT2D eigenvalue weighted by Gasteiger charge is 2.07. The minimum absolute atomic E-state index is 0.149. The maximum atomic E-state index is 13.1. The molecule has 1 heterocycles. The van der Waals surface area contributed by atoms with Gasteiger partial charge in [-0.2, -0.15) is 0 Å². The van der Waals surface area contributed by atoms with Gasteiger partial charge in [-0.3, -0.25) is 0 Å². The number of halogens is 2. The van der Waals surface area contributed by atoms with Crippen LogP contribution >= 0.6 is 27.3 Å². The van der Waals surface area contributed by atoms with Crippen molar-refractivity contribution < 1.29 is 4.39 Å². The van der Waals surface area contributed by atoms with E-state index in [2.05, 4.69) is 28.2 Å². The molecule has 0 atom stereocenters. The van der Waals surface area contributed by atoms with E-state index in [4.69, 9.17) is 0 Å². The zero-order valence-electron chi connectivity index (χ0n) is 7.10. The molecule has 0 aliphatic heterocycles. The zero-order chi connectivity index (χ0) is 9.42. The molecule has 1 aromatic heterocycles. The van der Waals surface area contributed by atoms with Crippen molar-refractivity contribution >= 4 is 37.4 Å². The first-order valence-corrected chi connectivity index (χ1v) is 5.94. The Kier molecular flexibility index (Phi) is 2.39. The van der Waals surface area contributed by atoms with E-state index >= 15 is 0 Å². The van der Waals surface area contributed by atoms with Crippen LogP contribution in [0.1, 0.15) is 11.1 Å². The van der Waals surface area contributed by atoms with E-state index < -0.39 is 0 Å². The molecule has 0 saturated heterocycles. The quantitative estimate of drug-likeness (QED) is 0.672. The van der Waals surface area contributed by atoms with Gasteiger partial charge in [0.05, 0.1) is 0 Å². The summed E-state index contributed by atoms with van der Waals surface area (Å²) < 4.78 is 14.1. The molecule has 0 bridgehead atoms. The Labute approximate surface area is 88.5 Å². The Morgan fingerprint density at radius 2 is 2.23 bits per heavy atom. The second-order valence-electron chi connectivity index (χ2n) is 2.99. The Morgan fingerprint density at radius 3 is 2.92 bits per heavy atom. The summed E-state index contributed by atoms with van der Waals surface area (Å²) in [6, 6.07) is 3.19. The number of thiophene rings is 1. The minimum atomic E-state index is -0.149. The molecule has 13 heavy (non-hydrogen) atoms. The van der Waals surface area contributed by atoms with Crippen LogP contribution in [0.5, 0.6) is 0 Å². The third-order valence-electron chi connectivity index (χ3n) is 2.05. The lowest BCUT2D eigenvalue weighted by molar-refractivity contribution is 0.629. The molecule has 1 aromatic carbocycles. The molecule has 0 nitrogen and oxygen atoms in total. The number of rotatable bonds is 1. The van der Waals surface area contributed by atoms with Gasteiger partial charge < -0.3 is 0 Å². The molecule has 2 aromatic rings. The van der Waals surface area contributed by atoms with E-state index in [0.29, 0.717) is 5.33 Å². The van der Waals surface area contributed by atoms with E-state index in [1.807, 2.05) is 0 Å². The highest BCUT2D eigenvalue weighted by Crippen LogP contribution is 2.30. The van der Waals surface area contributed by atoms with Crippen LogP contribution in [-0.2, 0) is 5.33 Å². The highest BCUT2D eigenvalue weighted by molar-refractivity contribution is 9.08. The van der Waals surface area contributed by atoms with Crippen LogP contribution in [0.3, 0.4) is 0 Å². The Morgan fingerprint density at radius 1 is 1.46 bits per heavy atom. The lowest BCUT2D eigenvalue weighted by atomic mass is 10.1. The van der Waals surface area contributed by atoms with Crippen LogP contribution in [0.25, 0.3) is 10.1 Å². The Balaban J connectivity index is 2.85.